The summed E-state index contributed by atoms with van der Waals surface area (Å²) in [5, 5.41) is 5.26. The Labute approximate surface area is 164 Å². The summed E-state index contributed by atoms with van der Waals surface area (Å²) in [6.07, 6.45) is 0.761. The second-order valence-corrected chi connectivity index (χ2v) is 7.63. The molecule has 0 fully saturated rings. The van der Waals surface area contributed by atoms with Crippen molar-refractivity contribution >= 4 is 33.2 Å². The molecule has 0 saturated carbocycles. The Hall–Kier alpha value is -3.07. The zero-order chi connectivity index (χ0) is 20.7. The average molecular weight is 405 g/mol. The molecule has 8 nitrogen and oxygen atoms in total. The number of sulfonamides is 1. The van der Waals surface area contributed by atoms with Gasteiger partial charge >= 0.3 is 0 Å². The molecule has 0 atom stereocenters. The molecule has 2 amide bonds. The van der Waals surface area contributed by atoms with E-state index >= 15 is 0 Å². The SMILES string of the molecule is CCCNC(=O)c1ccccc1NS(=O)(=O)c1ccc(OC)c(NC(C)=O)c1. The van der Waals surface area contributed by atoms with Gasteiger partial charge in [0, 0.05) is 13.5 Å². The number of carbonyl (C=O) groups is 2. The van der Waals surface area contributed by atoms with Gasteiger partial charge in [-0.2, -0.15) is 0 Å². The van der Waals surface area contributed by atoms with E-state index in [0.29, 0.717) is 12.3 Å². The minimum absolute atomic E-state index is 0.0826. The summed E-state index contributed by atoms with van der Waals surface area (Å²) in [6, 6.07) is 10.4. The molecule has 0 unspecified atom stereocenters. The van der Waals surface area contributed by atoms with Crippen LogP contribution in [0.15, 0.2) is 47.4 Å². The number of para-hydroxylation sites is 1. The summed E-state index contributed by atoms with van der Waals surface area (Å²) < 4.78 is 33.2. The third-order valence-corrected chi connectivity index (χ3v) is 5.11. The van der Waals surface area contributed by atoms with Crippen molar-refractivity contribution in [2.75, 3.05) is 23.7 Å². The molecule has 3 N–H and O–H groups in total. The Kier molecular flexibility index (Phi) is 7.00. The largest absolute Gasteiger partial charge is 0.495 e. The highest BCUT2D eigenvalue weighted by molar-refractivity contribution is 7.92. The second-order valence-electron chi connectivity index (χ2n) is 5.95. The van der Waals surface area contributed by atoms with Crippen molar-refractivity contribution in [2.24, 2.45) is 0 Å². The van der Waals surface area contributed by atoms with Gasteiger partial charge < -0.3 is 15.4 Å². The third kappa shape index (κ3) is 5.23. The quantitative estimate of drug-likeness (QED) is 0.625. The number of benzene rings is 2. The number of ether oxygens (including phenoxy) is 1. The maximum atomic E-state index is 12.8. The highest BCUT2D eigenvalue weighted by Crippen LogP contribution is 2.29. The first-order chi connectivity index (χ1) is 13.3. The van der Waals surface area contributed by atoms with Crippen molar-refractivity contribution in [3.8, 4) is 5.75 Å². The first-order valence-corrected chi connectivity index (χ1v) is 10.1. The number of rotatable bonds is 8. The van der Waals surface area contributed by atoms with Crippen LogP contribution in [0.2, 0.25) is 0 Å². The highest BCUT2D eigenvalue weighted by atomic mass is 32.2. The molecule has 150 valence electrons. The van der Waals surface area contributed by atoms with E-state index in [0.717, 1.165) is 6.42 Å². The first kappa shape index (κ1) is 21.2. The number of carbonyl (C=O) groups excluding carboxylic acids is 2. The zero-order valence-electron chi connectivity index (χ0n) is 15.9. The summed E-state index contributed by atoms with van der Waals surface area (Å²) in [5.74, 6) is -0.402. The van der Waals surface area contributed by atoms with E-state index in [4.69, 9.17) is 4.74 Å². The van der Waals surface area contributed by atoms with E-state index < -0.39 is 10.0 Å². The fourth-order valence-corrected chi connectivity index (χ4v) is 3.55. The van der Waals surface area contributed by atoms with Gasteiger partial charge in [0.1, 0.15) is 5.75 Å². The first-order valence-electron chi connectivity index (χ1n) is 8.64. The molecule has 0 radical (unpaired) electrons. The number of anilines is 2. The van der Waals surface area contributed by atoms with Crippen LogP contribution in [0.3, 0.4) is 0 Å². The molecule has 9 heteroatoms. The topological polar surface area (TPSA) is 114 Å². The lowest BCUT2D eigenvalue weighted by Crippen LogP contribution is -2.25. The Morgan fingerprint density at radius 1 is 1.07 bits per heavy atom. The predicted molar refractivity (Wildman–Crippen MR) is 107 cm³/mol. The van der Waals surface area contributed by atoms with E-state index in [1.54, 1.807) is 18.2 Å². The molecule has 2 rings (SSSR count). The average Bonchev–Trinajstić information content (AvgIpc) is 2.65. The summed E-state index contributed by atoms with van der Waals surface area (Å²) in [4.78, 5) is 23.6. The molecule has 0 aliphatic carbocycles. The highest BCUT2D eigenvalue weighted by Gasteiger charge is 2.20. The molecule has 0 bridgehead atoms. The van der Waals surface area contributed by atoms with Gasteiger partial charge in [0.15, 0.2) is 0 Å². The van der Waals surface area contributed by atoms with Crippen LogP contribution in [-0.2, 0) is 14.8 Å². The van der Waals surface area contributed by atoms with Crippen LogP contribution < -0.4 is 20.1 Å². The number of methoxy groups -OCH3 is 1. The van der Waals surface area contributed by atoms with Crippen LogP contribution in [0.4, 0.5) is 11.4 Å². The van der Waals surface area contributed by atoms with Gasteiger partial charge in [0.05, 0.1) is 28.9 Å². The van der Waals surface area contributed by atoms with E-state index in [-0.39, 0.29) is 33.6 Å². The van der Waals surface area contributed by atoms with Crippen LogP contribution >= 0.6 is 0 Å². The fourth-order valence-electron chi connectivity index (χ4n) is 2.45. The zero-order valence-corrected chi connectivity index (χ0v) is 16.7. The predicted octanol–water partition coefficient (Wildman–Crippen LogP) is 2.59. The summed E-state index contributed by atoms with van der Waals surface area (Å²) in [6.45, 7) is 3.72. The van der Waals surface area contributed by atoms with Crippen molar-refractivity contribution in [3.63, 3.8) is 0 Å². The number of nitrogens with one attached hydrogen (secondary N) is 3. The van der Waals surface area contributed by atoms with Crippen LogP contribution in [0.1, 0.15) is 30.6 Å². The van der Waals surface area contributed by atoms with E-state index in [1.165, 1.54) is 38.3 Å². The molecule has 0 aliphatic rings. The molecule has 28 heavy (non-hydrogen) atoms. The van der Waals surface area contributed by atoms with Gasteiger partial charge in [0.25, 0.3) is 15.9 Å². The molecule has 0 heterocycles. The standard InChI is InChI=1S/C19H23N3O5S/c1-4-11-20-19(24)15-7-5-6-8-16(15)22-28(25,26)14-9-10-18(27-3)17(12-14)21-13(2)23/h5-10,12,22H,4,11H2,1-3H3,(H,20,24)(H,21,23). The molecule has 2 aromatic carbocycles. The van der Waals surface area contributed by atoms with Crippen molar-refractivity contribution in [1.82, 2.24) is 5.32 Å². The van der Waals surface area contributed by atoms with Crippen LogP contribution in [0, 0.1) is 0 Å². The van der Waals surface area contributed by atoms with Crippen molar-refractivity contribution in [3.05, 3.63) is 48.0 Å². The molecule has 0 saturated heterocycles. The van der Waals surface area contributed by atoms with Crippen molar-refractivity contribution in [1.29, 1.82) is 0 Å². The maximum Gasteiger partial charge on any atom is 0.261 e. The lowest BCUT2D eigenvalue weighted by atomic mass is 10.1. The smallest absolute Gasteiger partial charge is 0.261 e. The summed E-state index contributed by atoms with van der Waals surface area (Å²) >= 11 is 0. The summed E-state index contributed by atoms with van der Waals surface area (Å²) in [7, 11) is -2.60. The van der Waals surface area contributed by atoms with E-state index in [2.05, 4.69) is 15.4 Å². The van der Waals surface area contributed by atoms with Gasteiger partial charge in [-0.15, -0.1) is 0 Å². The van der Waals surface area contributed by atoms with Gasteiger partial charge in [-0.1, -0.05) is 19.1 Å². The number of hydrogen-bond acceptors (Lipinski definition) is 5. The Morgan fingerprint density at radius 3 is 2.43 bits per heavy atom. The lowest BCUT2D eigenvalue weighted by molar-refractivity contribution is -0.114. The van der Waals surface area contributed by atoms with Gasteiger partial charge in [-0.05, 0) is 36.8 Å². The van der Waals surface area contributed by atoms with E-state index in [1.807, 2.05) is 6.92 Å². The number of amides is 2. The summed E-state index contributed by atoms with van der Waals surface area (Å²) in [5.41, 5.74) is 0.606. The third-order valence-electron chi connectivity index (χ3n) is 3.74. The van der Waals surface area contributed by atoms with Crippen LogP contribution in [0.25, 0.3) is 0 Å². The van der Waals surface area contributed by atoms with Crippen LogP contribution in [0.5, 0.6) is 5.75 Å². The van der Waals surface area contributed by atoms with Crippen molar-refractivity contribution in [2.45, 2.75) is 25.2 Å². The van der Waals surface area contributed by atoms with Crippen molar-refractivity contribution < 1.29 is 22.7 Å². The minimum Gasteiger partial charge on any atom is -0.495 e. The van der Waals surface area contributed by atoms with Crippen LogP contribution in [-0.4, -0.2) is 33.9 Å². The monoisotopic (exact) mass is 405 g/mol. The molecule has 2 aromatic rings. The maximum absolute atomic E-state index is 12.8. The molecule has 0 aromatic heterocycles. The molecular weight excluding hydrogens is 382 g/mol. The molecule has 0 spiro atoms. The van der Waals surface area contributed by atoms with Gasteiger partial charge in [-0.3, -0.25) is 14.3 Å². The molecular formula is C19H23N3O5S. The normalized spacial score (nSPS) is 10.8. The minimum atomic E-state index is -4.01. The lowest BCUT2D eigenvalue weighted by Gasteiger charge is -2.14. The van der Waals surface area contributed by atoms with E-state index in [9.17, 15) is 18.0 Å². The Balaban J connectivity index is 2.37. The number of hydrogen-bond donors (Lipinski definition) is 3. The Bertz CT molecular complexity index is 973. The fraction of sp³-hybridized carbons (Fsp3) is 0.263. The van der Waals surface area contributed by atoms with Gasteiger partial charge in [0.2, 0.25) is 5.91 Å². The second kappa shape index (κ2) is 9.23. The Morgan fingerprint density at radius 2 is 1.79 bits per heavy atom. The van der Waals surface area contributed by atoms with Gasteiger partial charge in [-0.25, -0.2) is 8.42 Å². The molecule has 0 aliphatic heterocycles.